The number of carbonyl (C=O) groups is 2. The van der Waals surface area contributed by atoms with Crippen LogP contribution in [0.5, 0.6) is 0 Å². The van der Waals surface area contributed by atoms with Crippen molar-refractivity contribution in [2.45, 2.75) is 6.04 Å². The summed E-state index contributed by atoms with van der Waals surface area (Å²) in [4.78, 5) is 22.3. The zero-order chi connectivity index (χ0) is 9.97. The minimum Gasteiger partial charge on any atom is -0.354 e. The maximum Gasteiger partial charge on any atom is 0.279 e. The van der Waals surface area contributed by atoms with E-state index >= 15 is 0 Å². The van der Waals surface area contributed by atoms with Gasteiger partial charge in [0.25, 0.3) is 5.24 Å². The van der Waals surface area contributed by atoms with Gasteiger partial charge in [-0.2, -0.15) is 0 Å². The lowest BCUT2D eigenvalue weighted by Crippen LogP contribution is -2.51. The molecule has 0 saturated carbocycles. The number of nitrogens with one attached hydrogen (secondary N) is 3. The van der Waals surface area contributed by atoms with Crippen LogP contribution >= 0.6 is 11.8 Å². The van der Waals surface area contributed by atoms with Crippen LogP contribution < -0.4 is 16.0 Å². The summed E-state index contributed by atoms with van der Waals surface area (Å²) in [6, 6.07) is -0.333. The van der Waals surface area contributed by atoms with Gasteiger partial charge in [-0.3, -0.25) is 9.59 Å². The highest BCUT2D eigenvalue weighted by atomic mass is 32.2. The molecule has 0 aromatic heterocycles. The molecule has 6 heteroatoms. The molecule has 14 heavy (non-hydrogen) atoms. The Morgan fingerprint density at radius 2 is 2.36 bits per heavy atom. The van der Waals surface area contributed by atoms with E-state index in [-0.39, 0.29) is 17.2 Å². The molecule has 0 unspecified atom stereocenters. The van der Waals surface area contributed by atoms with E-state index in [9.17, 15) is 9.59 Å². The topological polar surface area (TPSA) is 70.2 Å². The molecule has 0 aliphatic carbocycles. The number of rotatable bonds is 3. The Labute approximate surface area is 86.4 Å². The predicted molar refractivity (Wildman–Crippen MR) is 54.1 cm³/mol. The molecule has 2 fully saturated rings. The lowest BCUT2D eigenvalue weighted by molar-refractivity contribution is -0.122. The summed E-state index contributed by atoms with van der Waals surface area (Å²) in [5.74, 6) is 1.05. The van der Waals surface area contributed by atoms with Crippen molar-refractivity contribution in [1.29, 1.82) is 0 Å². The minimum atomic E-state index is -0.333. The van der Waals surface area contributed by atoms with Gasteiger partial charge in [0.1, 0.15) is 6.04 Å². The fraction of sp³-hybridized carbons (Fsp3) is 0.750. The summed E-state index contributed by atoms with van der Waals surface area (Å²) >= 11 is 1.16. The molecule has 2 heterocycles. The zero-order valence-electron chi connectivity index (χ0n) is 7.71. The fourth-order valence-corrected chi connectivity index (χ4v) is 2.17. The van der Waals surface area contributed by atoms with Crippen molar-refractivity contribution in [3.8, 4) is 0 Å². The van der Waals surface area contributed by atoms with Gasteiger partial charge in [0.2, 0.25) is 5.91 Å². The quantitative estimate of drug-likeness (QED) is 0.573. The Hall–Kier alpha value is -0.750. The lowest BCUT2D eigenvalue weighted by atomic mass is 10.0. The van der Waals surface area contributed by atoms with Crippen LogP contribution in [0, 0.1) is 5.92 Å². The number of carbonyl (C=O) groups excluding carboxylic acids is 2. The molecule has 1 atom stereocenters. The predicted octanol–water partition coefficient (Wildman–Crippen LogP) is -0.853. The molecule has 0 bridgehead atoms. The van der Waals surface area contributed by atoms with Gasteiger partial charge in [-0.05, 0) is 0 Å². The van der Waals surface area contributed by atoms with Crippen LogP contribution in [0.4, 0.5) is 4.79 Å². The third-order valence-corrected chi connectivity index (χ3v) is 3.30. The maximum absolute atomic E-state index is 11.5. The van der Waals surface area contributed by atoms with E-state index in [1.54, 1.807) is 0 Å². The van der Waals surface area contributed by atoms with Crippen LogP contribution in [0.15, 0.2) is 0 Å². The average Bonchev–Trinajstić information content (AvgIpc) is 2.49. The molecule has 2 aliphatic rings. The zero-order valence-corrected chi connectivity index (χ0v) is 8.52. The first-order chi connectivity index (χ1) is 6.75. The van der Waals surface area contributed by atoms with Crippen molar-refractivity contribution >= 4 is 22.9 Å². The minimum absolute atomic E-state index is 0.0600. The Balaban J connectivity index is 1.69. The number of hydrogen-bond donors (Lipinski definition) is 3. The van der Waals surface area contributed by atoms with Gasteiger partial charge in [-0.25, -0.2) is 0 Å². The van der Waals surface area contributed by atoms with Crippen molar-refractivity contribution in [3.05, 3.63) is 0 Å². The van der Waals surface area contributed by atoms with Gasteiger partial charge < -0.3 is 16.0 Å². The highest BCUT2D eigenvalue weighted by Gasteiger charge is 2.28. The van der Waals surface area contributed by atoms with E-state index in [2.05, 4.69) is 16.0 Å². The second-order valence-electron chi connectivity index (χ2n) is 3.56. The van der Waals surface area contributed by atoms with E-state index in [1.165, 1.54) is 0 Å². The van der Waals surface area contributed by atoms with Crippen molar-refractivity contribution in [3.63, 3.8) is 0 Å². The third kappa shape index (κ3) is 2.19. The monoisotopic (exact) mass is 215 g/mol. The normalized spacial score (nSPS) is 26.9. The first-order valence-electron chi connectivity index (χ1n) is 4.67. The molecule has 0 radical (unpaired) electrons. The van der Waals surface area contributed by atoms with Crippen molar-refractivity contribution in [1.82, 2.24) is 16.0 Å². The summed E-state index contributed by atoms with van der Waals surface area (Å²) in [7, 11) is 0. The van der Waals surface area contributed by atoms with Crippen molar-refractivity contribution in [2.24, 2.45) is 5.92 Å². The SMILES string of the molecule is O=C1N[C@H](C(=O)NCC2CNC2)CS1. The molecule has 2 aliphatic heterocycles. The molecule has 3 N–H and O–H groups in total. The largest absolute Gasteiger partial charge is 0.354 e. The van der Waals surface area contributed by atoms with Gasteiger partial charge in [-0.15, -0.1) is 0 Å². The molecule has 0 spiro atoms. The van der Waals surface area contributed by atoms with Crippen LogP contribution in [0.25, 0.3) is 0 Å². The molecule has 5 nitrogen and oxygen atoms in total. The van der Waals surface area contributed by atoms with Gasteiger partial charge in [0.15, 0.2) is 0 Å². The summed E-state index contributed by atoms with van der Waals surface area (Å²) in [5, 5.41) is 8.48. The Kier molecular flexibility index (Phi) is 2.93. The Morgan fingerprint density at radius 3 is 2.86 bits per heavy atom. The second-order valence-corrected chi connectivity index (χ2v) is 4.56. The van der Waals surface area contributed by atoms with E-state index in [1.807, 2.05) is 0 Å². The van der Waals surface area contributed by atoms with Gasteiger partial charge >= 0.3 is 0 Å². The van der Waals surface area contributed by atoms with E-state index in [4.69, 9.17) is 0 Å². The summed E-state index contributed by atoms with van der Waals surface area (Å²) in [6.07, 6.45) is 0. The number of amides is 2. The second kappa shape index (κ2) is 4.18. The van der Waals surface area contributed by atoms with Crippen LogP contribution in [-0.4, -0.2) is 42.6 Å². The smallest absolute Gasteiger partial charge is 0.279 e. The van der Waals surface area contributed by atoms with Gasteiger partial charge in [0.05, 0.1) is 0 Å². The molecule has 2 saturated heterocycles. The first-order valence-corrected chi connectivity index (χ1v) is 5.66. The van der Waals surface area contributed by atoms with Crippen molar-refractivity contribution < 1.29 is 9.59 Å². The number of thioether (sulfide) groups is 1. The highest BCUT2D eigenvalue weighted by molar-refractivity contribution is 8.14. The van der Waals surface area contributed by atoms with Crippen molar-refractivity contribution in [2.75, 3.05) is 25.4 Å². The maximum atomic E-state index is 11.5. The third-order valence-electron chi connectivity index (χ3n) is 2.42. The highest BCUT2D eigenvalue weighted by Crippen LogP contribution is 2.12. The lowest BCUT2D eigenvalue weighted by Gasteiger charge is -2.27. The molecular formula is C8H13N3O2S. The van der Waals surface area contributed by atoms with Gasteiger partial charge in [0, 0.05) is 31.3 Å². The molecular weight excluding hydrogens is 202 g/mol. The van der Waals surface area contributed by atoms with Crippen LogP contribution in [0.2, 0.25) is 0 Å². The molecule has 0 aromatic rings. The summed E-state index contributed by atoms with van der Waals surface area (Å²) < 4.78 is 0. The molecule has 2 amide bonds. The molecule has 2 rings (SSSR count). The summed E-state index contributed by atoms with van der Waals surface area (Å²) in [6.45, 7) is 2.67. The Morgan fingerprint density at radius 1 is 1.57 bits per heavy atom. The van der Waals surface area contributed by atoms with Gasteiger partial charge in [-0.1, -0.05) is 11.8 Å². The van der Waals surface area contributed by atoms with E-state index in [0.717, 1.165) is 24.9 Å². The van der Waals surface area contributed by atoms with Crippen LogP contribution in [-0.2, 0) is 4.79 Å². The standard InChI is InChI=1S/C8H13N3O2S/c12-7(6-4-14-8(13)11-6)10-3-5-1-9-2-5/h5-6,9H,1-4H2,(H,10,12)(H,11,13)/t6-/m0/s1. The van der Waals surface area contributed by atoms with E-state index < -0.39 is 0 Å². The Bertz CT molecular complexity index is 255. The fourth-order valence-electron chi connectivity index (χ4n) is 1.39. The number of hydrogen-bond acceptors (Lipinski definition) is 4. The summed E-state index contributed by atoms with van der Waals surface area (Å²) in [5.41, 5.74) is 0. The van der Waals surface area contributed by atoms with Crippen LogP contribution in [0.1, 0.15) is 0 Å². The molecule has 78 valence electrons. The first kappa shape index (κ1) is 9.79. The molecule has 0 aromatic carbocycles. The van der Waals surface area contributed by atoms with E-state index in [0.29, 0.717) is 18.2 Å². The average molecular weight is 215 g/mol. The van der Waals surface area contributed by atoms with Crippen LogP contribution in [0.3, 0.4) is 0 Å².